The van der Waals surface area contributed by atoms with Crippen LogP contribution in [0.25, 0.3) is 17.1 Å². The summed E-state index contributed by atoms with van der Waals surface area (Å²) >= 11 is 7.69. The molecule has 3 rings (SSSR count). The van der Waals surface area contributed by atoms with Gasteiger partial charge in [0.1, 0.15) is 5.82 Å². The highest BCUT2D eigenvalue weighted by atomic mass is 35.5. The number of carbonyl (C=O) groups is 1. The van der Waals surface area contributed by atoms with Crippen molar-refractivity contribution in [3.63, 3.8) is 0 Å². The zero-order chi connectivity index (χ0) is 21.5. The summed E-state index contributed by atoms with van der Waals surface area (Å²) in [5.41, 5.74) is 1.56. The number of amides is 1. The highest BCUT2D eigenvalue weighted by molar-refractivity contribution is 7.99. The van der Waals surface area contributed by atoms with Crippen molar-refractivity contribution in [2.45, 2.75) is 38.5 Å². The molecular formula is C21H25ClN6OS. The Bertz CT molecular complexity index is 1050. The largest absolute Gasteiger partial charge is 0.367 e. The van der Waals surface area contributed by atoms with E-state index in [-0.39, 0.29) is 11.9 Å². The third kappa shape index (κ3) is 5.73. The predicted octanol–water partition coefficient (Wildman–Crippen LogP) is 4.24. The van der Waals surface area contributed by atoms with Crippen LogP contribution in [0.2, 0.25) is 5.02 Å². The quantitative estimate of drug-likeness (QED) is 0.291. The fraction of sp³-hybridized carbons (Fsp3) is 0.333. The molecule has 1 amide bonds. The molecule has 1 aromatic carbocycles. The Balaban J connectivity index is 1.67. The molecule has 0 bridgehead atoms. The summed E-state index contributed by atoms with van der Waals surface area (Å²) in [6.45, 7) is 7.13. The van der Waals surface area contributed by atoms with Crippen molar-refractivity contribution in [2.75, 3.05) is 17.6 Å². The van der Waals surface area contributed by atoms with Crippen LogP contribution >= 0.6 is 23.4 Å². The van der Waals surface area contributed by atoms with Crippen LogP contribution in [0.15, 0.2) is 41.7 Å². The van der Waals surface area contributed by atoms with Gasteiger partial charge >= 0.3 is 0 Å². The SMILES string of the molecule is CCSc1nc(NC(C)C)c2cnn(CCNC(=O)/C=C/c3ccccc3Cl)c2n1. The van der Waals surface area contributed by atoms with E-state index in [1.807, 2.05) is 18.2 Å². The van der Waals surface area contributed by atoms with E-state index >= 15 is 0 Å². The second-order valence-corrected chi connectivity index (χ2v) is 8.48. The van der Waals surface area contributed by atoms with Crippen molar-refractivity contribution in [3.05, 3.63) is 47.1 Å². The van der Waals surface area contributed by atoms with Gasteiger partial charge in [-0.25, -0.2) is 14.6 Å². The average molecular weight is 445 g/mol. The maximum Gasteiger partial charge on any atom is 0.244 e. The smallest absolute Gasteiger partial charge is 0.244 e. The first-order valence-electron chi connectivity index (χ1n) is 9.81. The van der Waals surface area contributed by atoms with Crippen LogP contribution in [0.3, 0.4) is 0 Å². The van der Waals surface area contributed by atoms with Crippen molar-refractivity contribution in [2.24, 2.45) is 0 Å². The Morgan fingerprint density at radius 1 is 1.30 bits per heavy atom. The van der Waals surface area contributed by atoms with E-state index < -0.39 is 0 Å². The highest BCUT2D eigenvalue weighted by Crippen LogP contribution is 2.24. The number of hydrogen-bond acceptors (Lipinski definition) is 6. The first-order chi connectivity index (χ1) is 14.5. The number of nitrogens with one attached hydrogen (secondary N) is 2. The van der Waals surface area contributed by atoms with E-state index in [1.165, 1.54) is 6.08 Å². The Labute approximate surface area is 185 Å². The lowest BCUT2D eigenvalue weighted by Crippen LogP contribution is -2.25. The molecule has 0 fully saturated rings. The molecule has 2 N–H and O–H groups in total. The number of anilines is 1. The van der Waals surface area contributed by atoms with Crippen molar-refractivity contribution in [1.29, 1.82) is 0 Å². The van der Waals surface area contributed by atoms with E-state index in [4.69, 9.17) is 11.6 Å². The molecule has 0 atom stereocenters. The van der Waals surface area contributed by atoms with Gasteiger partial charge in [0.15, 0.2) is 10.8 Å². The fourth-order valence-corrected chi connectivity index (χ4v) is 3.56. The maximum absolute atomic E-state index is 12.1. The van der Waals surface area contributed by atoms with Gasteiger partial charge in [-0.05, 0) is 37.3 Å². The van der Waals surface area contributed by atoms with Crippen LogP contribution in [-0.2, 0) is 11.3 Å². The van der Waals surface area contributed by atoms with E-state index in [1.54, 1.807) is 34.8 Å². The van der Waals surface area contributed by atoms with Gasteiger partial charge in [-0.3, -0.25) is 4.79 Å². The number of aromatic nitrogens is 4. The molecule has 2 heterocycles. The summed E-state index contributed by atoms with van der Waals surface area (Å²) in [5, 5.41) is 12.9. The summed E-state index contributed by atoms with van der Waals surface area (Å²) in [6.07, 6.45) is 4.94. The van der Waals surface area contributed by atoms with Crippen molar-refractivity contribution >= 4 is 52.2 Å². The number of halogens is 1. The van der Waals surface area contributed by atoms with Gasteiger partial charge in [-0.1, -0.05) is 48.5 Å². The van der Waals surface area contributed by atoms with Gasteiger partial charge in [0.25, 0.3) is 0 Å². The molecular weight excluding hydrogens is 420 g/mol. The van der Waals surface area contributed by atoms with Crippen LogP contribution in [0, 0.1) is 0 Å². The molecule has 9 heteroatoms. The normalized spacial score (nSPS) is 11.5. The predicted molar refractivity (Wildman–Crippen MR) is 124 cm³/mol. The van der Waals surface area contributed by atoms with Crippen LogP contribution < -0.4 is 10.6 Å². The lowest BCUT2D eigenvalue weighted by Gasteiger charge is -2.11. The van der Waals surface area contributed by atoms with Crippen molar-refractivity contribution in [3.8, 4) is 0 Å². The third-order valence-corrected chi connectivity index (χ3v) is 5.19. The Hall–Kier alpha value is -2.58. The molecule has 2 aromatic heterocycles. The van der Waals surface area contributed by atoms with Gasteiger partial charge in [-0.2, -0.15) is 5.10 Å². The van der Waals surface area contributed by atoms with Gasteiger partial charge in [0, 0.05) is 23.7 Å². The van der Waals surface area contributed by atoms with Gasteiger partial charge in [0.2, 0.25) is 5.91 Å². The van der Waals surface area contributed by atoms with Crippen LogP contribution in [0.1, 0.15) is 26.3 Å². The number of nitrogens with zero attached hydrogens (tertiary/aromatic N) is 4. The average Bonchev–Trinajstić information content (AvgIpc) is 3.10. The molecule has 158 valence electrons. The van der Waals surface area contributed by atoms with Crippen molar-refractivity contribution < 1.29 is 4.79 Å². The number of hydrogen-bond donors (Lipinski definition) is 2. The third-order valence-electron chi connectivity index (χ3n) is 4.12. The minimum absolute atomic E-state index is 0.189. The summed E-state index contributed by atoms with van der Waals surface area (Å²) < 4.78 is 1.79. The number of benzene rings is 1. The van der Waals surface area contributed by atoms with Crippen LogP contribution in [0.4, 0.5) is 5.82 Å². The van der Waals surface area contributed by atoms with E-state index in [0.29, 0.717) is 23.3 Å². The summed E-state index contributed by atoms with van der Waals surface area (Å²) in [6, 6.07) is 7.62. The zero-order valence-electron chi connectivity index (χ0n) is 17.2. The molecule has 30 heavy (non-hydrogen) atoms. The molecule has 3 aromatic rings. The molecule has 0 spiro atoms. The van der Waals surface area contributed by atoms with Crippen LogP contribution in [-0.4, -0.2) is 44.0 Å². The van der Waals surface area contributed by atoms with Gasteiger partial charge < -0.3 is 10.6 Å². The van der Waals surface area contributed by atoms with E-state index in [9.17, 15) is 4.79 Å². The summed E-state index contributed by atoms with van der Waals surface area (Å²) in [4.78, 5) is 21.4. The molecule has 0 saturated heterocycles. The zero-order valence-corrected chi connectivity index (χ0v) is 18.8. The van der Waals surface area contributed by atoms with E-state index in [2.05, 4.69) is 46.5 Å². The first kappa shape index (κ1) is 22.1. The number of thioether (sulfide) groups is 1. The van der Waals surface area contributed by atoms with Crippen LogP contribution in [0.5, 0.6) is 0 Å². The Kier molecular flexibility index (Phi) is 7.70. The molecule has 0 aliphatic rings. The molecule has 7 nitrogen and oxygen atoms in total. The Morgan fingerprint density at radius 3 is 2.83 bits per heavy atom. The molecule has 0 aliphatic carbocycles. The second kappa shape index (κ2) is 10.4. The summed E-state index contributed by atoms with van der Waals surface area (Å²) in [5.74, 6) is 1.48. The molecule has 0 saturated carbocycles. The lowest BCUT2D eigenvalue weighted by atomic mass is 10.2. The van der Waals surface area contributed by atoms with Gasteiger partial charge in [-0.15, -0.1) is 0 Å². The van der Waals surface area contributed by atoms with Crippen molar-refractivity contribution in [1.82, 2.24) is 25.1 Å². The number of carbonyl (C=O) groups excluding carboxylic acids is 1. The minimum atomic E-state index is -0.189. The standard InChI is InChI=1S/C21H25ClN6OS/c1-4-30-21-26-19(25-14(2)3)16-13-24-28(20(16)27-21)12-11-23-18(29)10-9-15-7-5-6-8-17(15)22/h5-10,13-14H,4,11-12H2,1-3H3,(H,23,29)(H,25,26,27)/b10-9+. The molecule has 0 unspecified atom stereocenters. The molecule has 0 aliphatic heterocycles. The summed E-state index contributed by atoms with van der Waals surface area (Å²) in [7, 11) is 0. The lowest BCUT2D eigenvalue weighted by molar-refractivity contribution is -0.116. The fourth-order valence-electron chi connectivity index (χ4n) is 2.80. The highest BCUT2D eigenvalue weighted by Gasteiger charge is 2.14. The first-order valence-corrected chi connectivity index (χ1v) is 11.2. The second-order valence-electron chi connectivity index (χ2n) is 6.84. The topological polar surface area (TPSA) is 84.7 Å². The molecule has 0 radical (unpaired) electrons. The van der Waals surface area contributed by atoms with Gasteiger partial charge in [0.05, 0.1) is 18.1 Å². The monoisotopic (exact) mass is 444 g/mol. The maximum atomic E-state index is 12.1. The minimum Gasteiger partial charge on any atom is -0.367 e. The number of rotatable bonds is 9. The van der Waals surface area contributed by atoms with E-state index in [0.717, 1.165) is 28.2 Å². The number of fused-ring (bicyclic) bond motifs is 1. The Morgan fingerprint density at radius 2 is 2.10 bits per heavy atom.